The van der Waals surface area contributed by atoms with E-state index in [-0.39, 0.29) is 6.03 Å². The van der Waals surface area contributed by atoms with Gasteiger partial charge in [0.2, 0.25) is 0 Å². The fourth-order valence-corrected chi connectivity index (χ4v) is 2.66. The number of urea groups is 1. The summed E-state index contributed by atoms with van der Waals surface area (Å²) in [6, 6.07) is 5.69. The zero-order chi connectivity index (χ0) is 15.4. The van der Waals surface area contributed by atoms with Crippen LogP contribution in [0, 0.1) is 5.92 Å². The molecule has 6 heteroatoms. The summed E-state index contributed by atoms with van der Waals surface area (Å²) in [4.78, 5) is 18.5. The Kier molecular flexibility index (Phi) is 4.37. The summed E-state index contributed by atoms with van der Waals surface area (Å²) in [6.45, 7) is 4.37. The summed E-state index contributed by atoms with van der Waals surface area (Å²) in [5.41, 5.74) is 0.949. The maximum atomic E-state index is 12.2. The highest BCUT2D eigenvalue weighted by Gasteiger charge is 2.20. The van der Waals surface area contributed by atoms with Crippen molar-refractivity contribution in [1.29, 1.82) is 0 Å². The van der Waals surface area contributed by atoms with Gasteiger partial charge in [0.05, 0.1) is 0 Å². The highest BCUT2D eigenvalue weighted by atomic mass is 16.2. The Morgan fingerprint density at radius 3 is 2.86 bits per heavy atom. The van der Waals surface area contributed by atoms with E-state index in [1.807, 2.05) is 29.3 Å². The van der Waals surface area contributed by atoms with Gasteiger partial charge in [-0.25, -0.2) is 14.5 Å². The molecule has 0 radical (unpaired) electrons. The summed E-state index contributed by atoms with van der Waals surface area (Å²) >= 11 is 0. The summed E-state index contributed by atoms with van der Waals surface area (Å²) in [7, 11) is 0. The number of carbonyl (C=O) groups excluding carboxylic acids is 1. The van der Waals surface area contributed by atoms with E-state index < -0.39 is 0 Å². The molecule has 116 valence electrons. The van der Waals surface area contributed by atoms with Crippen LogP contribution in [0.1, 0.15) is 25.3 Å². The monoisotopic (exact) mass is 299 g/mol. The molecule has 2 amide bonds. The lowest BCUT2D eigenvalue weighted by Crippen LogP contribution is -2.43. The van der Waals surface area contributed by atoms with Crippen molar-refractivity contribution in [2.45, 2.75) is 26.3 Å². The van der Waals surface area contributed by atoms with Gasteiger partial charge in [-0.1, -0.05) is 13.0 Å². The van der Waals surface area contributed by atoms with E-state index in [2.05, 4.69) is 22.3 Å². The van der Waals surface area contributed by atoms with E-state index in [1.54, 1.807) is 17.1 Å². The first kappa shape index (κ1) is 14.6. The van der Waals surface area contributed by atoms with Gasteiger partial charge in [0, 0.05) is 43.8 Å². The van der Waals surface area contributed by atoms with Gasteiger partial charge in [0.15, 0.2) is 5.82 Å². The number of hydrogen-bond donors (Lipinski definition) is 1. The third-order valence-electron chi connectivity index (χ3n) is 4.09. The van der Waals surface area contributed by atoms with Crippen LogP contribution in [0.25, 0.3) is 5.82 Å². The summed E-state index contributed by atoms with van der Waals surface area (Å²) < 4.78 is 1.71. The topological polar surface area (TPSA) is 63.1 Å². The van der Waals surface area contributed by atoms with Crippen LogP contribution < -0.4 is 5.32 Å². The van der Waals surface area contributed by atoms with Crippen LogP contribution in [0.5, 0.6) is 0 Å². The van der Waals surface area contributed by atoms with E-state index in [4.69, 9.17) is 0 Å². The van der Waals surface area contributed by atoms with Crippen molar-refractivity contribution in [3.05, 3.63) is 42.4 Å². The molecule has 1 fully saturated rings. The van der Waals surface area contributed by atoms with Crippen molar-refractivity contribution in [2.75, 3.05) is 13.1 Å². The smallest absolute Gasteiger partial charge is 0.317 e. The molecular weight excluding hydrogens is 278 g/mol. The predicted molar refractivity (Wildman–Crippen MR) is 83.6 cm³/mol. The first-order chi connectivity index (χ1) is 10.7. The maximum Gasteiger partial charge on any atom is 0.317 e. The minimum atomic E-state index is 0.00201. The Balaban J connectivity index is 1.63. The van der Waals surface area contributed by atoms with Crippen LogP contribution in [-0.4, -0.2) is 38.8 Å². The molecule has 2 aromatic heterocycles. The molecule has 1 aliphatic rings. The lowest BCUT2D eigenvalue weighted by atomic mass is 10.00. The molecule has 0 unspecified atom stereocenters. The largest absolute Gasteiger partial charge is 0.334 e. The van der Waals surface area contributed by atoms with Gasteiger partial charge in [-0.3, -0.25) is 0 Å². The second kappa shape index (κ2) is 6.60. The van der Waals surface area contributed by atoms with Crippen molar-refractivity contribution in [3.63, 3.8) is 0 Å². The fourth-order valence-electron chi connectivity index (χ4n) is 2.66. The molecule has 0 spiro atoms. The normalized spacial score (nSPS) is 15.8. The maximum absolute atomic E-state index is 12.2. The summed E-state index contributed by atoms with van der Waals surface area (Å²) in [5.74, 6) is 1.47. The average Bonchev–Trinajstić information content (AvgIpc) is 3.08. The Hall–Kier alpha value is -2.37. The number of likely N-dealkylation sites (tertiary alicyclic amines) is 1. The first-order valence-electron chi connectivity index (χ1n) is 7.70. The summed E-state index contributed by atoms with van der Waals surface area (Å²) in [6.07, 6.45) is 7.46. The number of amides is 2. The molecular formula is C16H21N5O. The number of piperidine rings is 1. The van der Waals surface area contributed by atoms with Gasteiger partial charge in [0.25, 0.3) is 0 Å². The Morgan fingerprint density at radius 1 is 1.32 bits per heavy atom. The molecule has 2 aromatic rings. The first-order valence-corrected chi connectivity index (χ1v) is 7.70. The molecule has 3 heterocycles. The van der Waals surface area contributed by atoms with Crippen molar-refractivity contribution >= 4 is 6.03 Å². The number of hydrogen-bond acceptors (Lipinski definition) is 3. The minimum absolute atomic E-state index is 0.00201. The third-order valence-corrected chi connectivity index (χ3v) is 4.09. The lowest BCUT2D eigenvalue weighted by Gasteiger charge is -2.30. The molecule has 3 rings (SSSR count). The zero-order valence-corrected chi connectivity index (χ0v) is 12.8. The zero-order valence-electron chi connectivity index (χ0n) is 12.8. The number of carbonyl (C=O) groups is 1. The van der Waals surface area contributed by atoms with Crippen LogP contribution >= 0.6 is 0 Å². The van der Waals surface area contributed by atoms with Gasteiger partial charge in [-0.05, 0) is 30.9 Å². The second-order valence-corrected chi connectivity index (χ2v) is 5.77. The number of nitrogens with one attached hydrogen (secondary N) is 1. The van der Waals surface area contributed by atoms with E-state index in [1.165, 1.54) is 0 Å². The third kappa shape index (κ3) is 3.27. The van der Waals surface area contributed by atoms with Crippen LogP contribution in [0.3, 0.4) is 0 Å². The Morgan fingerprint density at radius 2 is 2.14 bits per heavy atom. The number of nitrogens with zero attached hydrogens (tertiary/aromatic N) is 4. The fraction of sp³-hybridized carbons (Fsp3) is 0.438. The van der Waals surface area contributed by atoms with Crippen LogP contribution in [0.15, 0.2) is 36.8 Å². The number of aromatic nitrogens is 3. The molecule has 0 aliphatic carbocycles. The lowest BCUT2D eigenvalue weighted by molar-refractivity contribution is 0.173. The van der Waals surface area contributed by atoms with Crippen LogP contribution in [0.4, 0.5) is 4.79 Å². The van der Waals surface area contributed by atoms with Gasteiger partial charge in [-0.15, -0.1) is 0 Å². The number of rotatable bonds is 3. The molecule has 0 saturated carbocycles. The van der Waals surface area contributed by atoms with E-state index in [0.717, 1.165) is 37.3 Å². The molecule has 22 heavy (non-hydrogen) atoms. The van der Waals surface area contributed by atoms with Crippen LogP contribution in [0.2, 0.25) is 0 Å². The second-order valence-electron chi connectivity index (χ2n) is 5.77. The Labute approximate surface area is 130 Å². The van der Waals surface area contributed by atoms with Gasteiger partial charge < -0.3 is 10.2 Å². The minimum Gasteiger partial charge on any atom is -0.334 e. The highest BCUT2D eigenvalue weighted by Crippen LogP contribution is 2.16. The van der Waals surface area contributed by atoms with Crippen molar-refractivity contribution < 1.29 is 4.79 Å². The SMILES string of the molecule is CC1CCN(C(=O)NCc2cccnc2-n2cccn2)CC1. The summed E-state index contributed by atoms with van der Waals surface area (Å²) in [5, 5.41) is 7.20. The molecule has 1 N–H and O–H groups in total. The van der Waals surface area contributed by atoms with Crippen LogP contribution in [-0.2, 0) is 6.54 Å². The number of pyridine rings is 1. The van der Waals surface area contributed by atoms with Gasteiger partial charge in [-0.2, -0.15) is 5.10 Å². The molecule has 0 aromatic carbocycles. The van der Waals surface area contributed by atoms with E-state index in [0.29, 0.717) is 12.5 Å². The van der Waals surface area contributed by atoms with E-state index >= 15 is 0 Å². The Bertz CT molecular complexity index is 617. The van der Waals surface area contributed by atoms with Gasteiger partial charge in [0.1, 0.15) is 0 Å². The molecule has 6 nitrogen and oxygen atoms in total. The molecule has 0 atom stereocenters. The quantitative estimate of drug-likeness (QED) is 0.945. The van der Waals surface area contributed by atoms with Crippen molar-refractivity contribution in [2.24, 2.45) is 5.92 Å². The highest BCUT2D eigenvalue weighted by molar-refractivity contribution is 5.74. The predicted octanol–water partition coefficient (Wildman–Crippen LogP) is 2.21. The van der Waals surface area contributed by atoms with E-state index in [9.17, 15) is 4.79 Å². The molecule has 1 aliphatic heterocycles. The van der Waals surface area contributed by atoms with Crippen molar-refractivity contribution in [3.8, 4) is 5.82 Å². The average molecular weight is 299 g/mol. The van der Waals surface area contributed by atoms with Crippen molar-refractivity contribution in [1.82, 2.24) is 25.0 Å². The van der Waals surface area contributed by atoms with Gasteiger partial charge >= 0.3 is 6.03 Å². The standard InChI is InChI=1S/C16H21N5O/c1-13-5-10-20(11-6-13)16(22)18-12-14-4-2-7-17-15(14)21-9-3-8-19-21/h2-4,7-9,13H,5-6,10-12H2,1H3,(H,18,22). The molecule has 1 saturated heterocycles. The molecule has 0 bridgehead atoms.